The van der Waals surface area contributed by atoms with E-state index in [1.54, 1.807) is 0 Å². The zero-order valence-electron chi connectivity index (χ0n) is 13.3. The van der Waals surface area contributed by atoms with Gasteiger partial charge < -0.3 is 5.11 Å². The molecule has 0 aliphatic rings. The molecule has 104 valence electrons. The number of nitrogens with zero attached hydrogens (tertiary/aromatic N) is 1. The molecule has 2 heteroatoms. The lowest BCUT2D eigenvalue weighted by molar-refractivity contribution is -0.105. The van der Waals surface area contributed by atoms with E-state index in [0.29, 0.717) is 17.4 Å². The van der Waals surface area contributed by atoms with E-state index >= 15 is 0 Å². The molecule has 0 aliphatic carbocycles. The Morgan fingerprint density at radius 1 is 1.00 bits per heavy atom. The molecule has 0 rings (SSSR count). The van der Waals surface area contributed by atoms with Crippen LogP contribution in [-0.2, 0) is 0 Å². The lowest BCUT2D eigenvalue weighted by atomic mass is 9.70. The maximum atomic E-state index is 10.5. The van der Waals surface area contributed by atoms with Crippen molar-refractivity contribution in [3.63, 3.8) is 0 Å². The van der Waals surface area contributed by atoms with Crippen LogP contribution in [0.2, 0.25) is 0 Å². The van der Waals surface area contributed by atoms with Crippen molar-refractivity contribution < 1.29 is 5.11 Å². The van der Waals surface area contributed by atoms with Gasteiger partial charge >= 0.3 is 0 Å². The highest BCUT2D eigenvalue weighted by atomic mass is 16.3. The van der Waals surface area contributed by atoms with Crippen molar-refractivity contribution in [2.75, 3.05) is 7.05 Å². The summed E-state index contributed by atoms with van der Waals surface area (Å²) in [6, 6.07) is 0.367. The minimum absolute atomic E-state index is 0.0910. The molecular formula is C15H33NO. The second kappa shape index (κ2) is 5.71. The minimum atomic E-state index is -0.389. The Labute approximate surface area is 108 Å². The summed E-state index contributed by atoms with van der Waals surface area (Å²) in [5, 5.41) is 10.5. The quantitative estimate of drug-likeness (QED) is 0.744. The van der Waals surface area contributed by atoms with E-state index in [-0.39, 0.29) is 11.6 Å². The summed E-state index contributed by atoms with van der Waals surface area (Å²) in [7, 11) is 2.00. The molecule has 0 aliphatic heterocycles. The van der Waals surface area contributed by atoms with Gasteiger partial charge in [-0.05, 0) is 38.6 Å². The van der Waals surface area contributed by atoms with Gasteiger partial charge in [0, 0.05) is 11.5 Å². The first kappa shape index (κ1) is 16.9. The van der Waals surface area contributed by atoms with E-state index in [9.17, 15) is 5.11 Å². The number of hydrogen-bond donors (Lipinski definition) is 1. The topological polar surface area (TPSA) is 23.5 Å². The summed E-state index contributed by atoms with van der Waals surface area (Å²) in [5.74, 6) is 0.485. The van der Waals surface area contributed by atoms with Crippen molar-refractivity contribution in [1.82, 2.24) is 4.90 Å². The summed E-state index contributed by atoms with van der Waals surface area (Å²) < 4.78 is 0. The molecule has 0 bridgehead atoms. The van der Waals surface area contributed by atoms with Crippen LogP contribution in [-0.4, -0.2) is 29.3 Å². The first-order valence-electron chi connectivity index (χ1n) is 6.79. The second-order valence-electron chi connectivity index (χ2n) is 7.62. The van der Waals surface area contributed by atoms with Gasteiger partial charge in [-0.2, -0.15) is 0 Å². The molecule has 0 amide bonds. The molecule has 0 aromatic rings. The largest absolute Gasteiger partial charge is 0.378 e. The second-order valence-corrected chi connectivity index (χ2v) is 7.62. The SMILES string of the molecule is CC(C)N(C)C(O)C(C)(C)C(C)CC(C)(C)C. The van der Waals surface area contributed by atoms with Gasteiger partial charge in [-0.1, -0.05) is 41.5 Å². The molecular weight excluding hydrogens is 210 g/mol. The van der Waals surface area contributed by atoms with E-state index in [4.69, 9.17) is 0 Å². The molecule has 0 aromatic carbocycles. The highest BCUT2D eigenvalue weighted by molar-refractivity contribution is 4.85. The Kier molecular flexibility index (Phi) is 5.68. The lowest BCUT2D eigenvalue weighted by Crippen LogP contribution is -2.49. The lowest BCUT2D eigenvalue weighted by Gasteiger charge is -2.44. The predicted molar refractivity (Wildman–Crippen MR) is 75.9 cm³/mol. The number of aliphatic hydroxyl groups is 1. The fourth-order valence-corrected chi connectivity index (χ4v) is 2.24. The molecule has 0 aromatic heterocycles. The monoisotopic (exact) mass is 243 g/mol. The Bertz CT molecular complexity index is 228. The van der Waals surface area contributed by atoms with Crippen LogP contribution in [0.25, 0.3) is 0 Å². The molecule has 0 heterocycles. The molecule has 0 saturated heterocycles. The van der Waals surface area contributed by atoms with Gasteiger partial charge in [-0.15, -0.1) is 0 Å². The van der Waals surface area contributed by atoms with Gasteiger partial charge in [0.25, 0.3) is 0 Å². The first-order chi connectivity index (χ1) is 7.39. The van der Waals surface area contributed by atoms with Crippen molar-refractivity contribution in [1.29, 1.82) is 0 Å². The Hall–Kier alpha value is -0.0800. The van der Waals surface area contributed by atoms with Gasteiger partial charge in [0.05, 0.1) is 0 Å². The maximum Gasteiger partial charge on any atom is 0.112 e. The van der Waals surface area contributed by atoms with E-state index in [2.05, 4.69) is 60.3 Å². The zero-order chi connectivity index (χ0) is 14.0. The summed E-state index contributed by atoms with van der Waals surface area (Å²) >= 11 is 0. The highest BCUT2D eigenvalue weighted by Crippen LogP contribution is 2.39. The van der Waals surface area contributed by atoms with Crippen LogP contribution in [0.1, 0.15) is 61.8 Å². The smallest absolute Gasteiger partial charge is 0.112 e. The highest BCUT2D eigenvalue weighted by Gasteiger charge is 2.38. The molecule has 1 N–H and O–H groups in total. The summed E-state index contributed by atoms with van der Waals surface area (Å²) in [4.78, 5) is 2.05. The third-order valence-electron chi connectivity index (χ3n) is 4.05. The summed E-state index contributed by atoms with van der Waals surface area (Å²) in [6.07, 6.45) is 0.739. The van der Waals surface area contributed by atoms with Crippen LogP contribution in [0.3, 0.4) is 0 Å². The minimum Gasteiger partial charge on any atom is -0.378 e. The van der Waals surface area contributed by atoms with Crippen molar-refractivity contribution in [3.05, 3.63) is 0 Å². The molecule has 2 atom stereocenters. The number of aliphatic hydroxyl groups excluding tert-OH is 1. The van der Waals surface area contributed by atoms with E-state index in [0.717, 1.165) is 6.42 Å². The molecule has 0 radical (unpaired) electrons. The molecule has 2 nitrogen and oxygen atoms in total. The van der Waals surface area contributed by atoms with Gasteiger partial charge in [-0.3, -0.25) is 4.90 Å². The third kappa shape index (κ3) is 4.97. The molecule has 2 unspecified atom stereocenters. The third-order valence-corrected chi connectivity index (χ3v) is 4.05. The van der Waals surface area contributed by atoms with Gasteiger partial charge in [0.2, 0.25) is 0 Å². The predicted octanol–water partition coefficient (Wildman–Crippen LogP) is 3.74. The average molecular weight is 243 g/mol. The van der Waals surface area contributed by atoms with Crippen LogP contribution >= 0.6 is 0 Å². The van der Waals surface area contributed by atoms with Crippen LogP contribution in [0.4, 0.5) is 0 Å². The van der Waals surface area contributed by atoms with Crippen LogP contribution in [0.15, 0.2) is 0 Å². The van der Waals surface area contributed by atoms with Gasteiger partial charge in [0.15, 0.2) is 0 Å². The standard InChI is InChI=1S/C15H33NO/c1-11(2)16(9)13(17)15(7,8)12(3)10-14(4,5)6/h11-13,17H,10H2,1-9H3. The van der Waals surface area contributed by atoms with Gasteiger partial charge in [0.1, 0.15) is 6.23 Å². The van der Waals surface area contributed by atoms with E-state index < -0.39 is 0 Å². The van der Waals surface area contributed by atoms with E-state index in [1.807, 2.05) is 7.05 Å². The van der Waals surface area contributed by atoms with E-state index in [1.165, 1.54) is 0 Å². The summed E-state index contributed by atoms with van der Waals surface area (Å²) in [5.41, 5.74) is 0.221. The average Bonchev–Trinajstić information content (AvgIpc) is 2.12. The fourth-order valence-electron chi connectivity index (χ4n) is 2.24. The van der Waals surface area contributed by atoms with Gasteiger partial charge in [-0.25, -0.2) is 0 Å². The molecule has 0 spiro atoms. The number of hydrogen-bond acceptors (Lipinski definition) is 2. The van der Waals surface area contributed by atoms with Crippen LogP contribution in [0, 0.1) is 16.7 Å². The van der Waals surface area contributed by atoms with Crippen molar-refractivity contribution >= 4 is 0 Å². The fraction of sp³-hybridized carbons (Fsp3) is 1.00. The maximum absolute atomic E-state index is 10.5. The van der Waals surface area contributed by atoms with Crippen LogP contribution < -0.4 is 0 Å². The molecule has 0 saturated carbocycles. The summed E-state index contributed by atoms with van der Waals surface area (Å²) in [6.45, 7) is 17.6. The van der Waals surface area contributed by atoms with Crippen molar-refractivity contribution in [2.24, 2.45) is 16.7 Å². The van der Waals surface area contributed by atoms with Crippen molar-refractivity contribution in [3.8, 4) is 0 Å². The zero-order valence-corrected chi connectivity index (χ0v) is 13.3. The Morgan fingerprint density at radius 3 is 1.71 bits per heavy atom. The number of rotatable bonds is 5. The molecule has 17 heavy (non-hydrogen) atoms. The molecule has 0 fully saturated rings. The van der Waals surface area contributed by atoms with Crippen LogP contribution in [0.5, 0.6) is 0 Å². The Morgan fingerprint density at radius 2 is 1.41 bits per heavy atom. The normalized spacial score (nSPS) is 17.6. The van der Waals surface area contributed by atoms with Crippen molar-refractivity contribution in [2.45, 2.75) is 74.1 Å². The first-order valence-corrected chi connectivity index (χ1v) is 6.79. The Balaban J connectivity index is 4.75.